The summed E-state index contributed by atoms with van der Waals surface area (Å²) < 4.78 is 40.8. The summed E-state index contributed by atoms with van der Waals surface area (Å²) in [6.07, 6.45) is 0.749. The smallest absolute Gasteiger partial charge is 0.245 e. The van der Waals surface area contributed by atoms with Crippen LogP contribution in [0.15, 0.2) is 27.6 Å². The van der Waals surface area contributed by atoms with Crippen LogP contribution in [0.4, 0.5) is 4.39 Å². The normalized spacial score (nSPS) is 24.8. The number of rotatable bonds is 3. The largest absolute Gasteiger partial charge is 0.330 e. The number of benzene rings is 1. The monoisotopic (exact) mass is 364 g/mol. The number of nitrogens with zero attached hydrogens (tertiary/aromatic N) is 1. The van der Waals surface area contributed by atoms with E-state index >= 15 is 0 Å². The molecule has 1 saturated heterocycles. The number of sulfonamides is 1. The molecule has 1 aliphatic rings. The van der Waals surface area contributed by atoms with Gasteiger partial charge in [-0.05, 0) is 43.0 Å². The first kappa shape index (κ1) is 15.9. The van der Waals surface area contributed by atoms with Crippen LogP contribution in [0.3, 0.4) is 0 Å². The molecule has 2 unspecified atom stereocenters. The van der Waals surface area contributed by atoms with Gasteiger partial charge < -0.3 is 5.73 Å². The van der Waals surface area contributed by atoms with Crippen LogP contribution in [0.25, 0.3) is 0 Å². The first-order valence-corrected chi connectivity index (χ1v) is 8.75. The first-order valence-electron chi connectivity index (χ1n) is 6.51. The minimum atomic E-state index is -3.79. The number of halogens is 2. The Morgan fingerprint density at radius 3 is 2.80 bits per heavy atom. The third-order valence-corrected chi connectivity index (χ3v) is 6.28. The zero-order valence-electron chi connectivity index (χ0n) is 11.2. The maximum atomic E-state index is 13.9. The number of piperidine rings is 1. The third kappa shape index (κ3) is 3.05. The van der Waals surface area contributed by atoms with Gasteiger partial charge in [-0.25, -0.2) is 12.8 Å². The third-order valence-electron chi connectivity index (χ3n) is 3.89. The summed E-state index contributed by atoms with van der Waals surface area (Å²) in [5.74, 6) is -0.222. The van der Waals surface area contributed by atoms with E-state index in [1.807, 2.05) is 0 Å². The summed E-state index contributed by atoms with van der Waals surface area (Å²) >= 11 is 3.12. The molecule has 1 aromatic rings. The quantitative estimate of drug-likeness (QED) is 0.893. The molecule has 1 aromatic carbocycles. The van der Waals surface area contributed by atoms with Crippen LogP contribution in [0, 0.1) is 17.7 Å². The summed E-state index contributed by atoms with van der Waals surface area (Å²) in [4.78, 5) is -0.272. The minimum Gasteiger partial charge on any atom is -0.330 e. The van der Waals surface area contributed by atoms with E-state index in [1.54, 1.807) is 0 Å². The lowest BCUT2D eigenvalue weighted by molar-refractivity contribution is 0.203. The van der Waals surface area contributed by atoms with Crippen LogP contribution in [0.1, 0.15) is 13.3 Å². The van der Waals surface area contributed by atoms with Gasteiger partial charge in [-0.2, -0.15) is 4.31 Å². The van der Waals surface area contributed by atoms with Crippen LogP contribution >= 0.6 is 15.9 Å². The van der Waals surface area contributed by atoms with Crippen molar-refractivity contribution in [1.82, 2.24) is 4.31 Å². The molecule has 1 fully saturated rings. The van der Waals surface area contributed by atoms with E-state index < -0.39 is 15.8 Å². The topological polar surface area (TPSA) is 63.4 Å². The van der Waals surface area contributed by atoms with Crippen LogP contribution in [0.2, 0.25) is 0 Å². The summed E-state index contributed by atoms with van der Waals surface area (Å²) in [5, 5.41) is 0. The van der Waals surface area contributed by atoms with Gasteiger partial charge in [0, 0.05) is 17.6 Å². The van der Waals surface area contributed by atoms with E-state index in [9.17, 15) is 12.8 Å². The van der Waals surface area contributed by atoms with Gasteiger partial charge in [0.05, 0.1) is 0 Å². The van der Waals surface area contributed by atoms with E-state index in [2.05, 4.69) is 22.9 Å². The van der Waals surface area contributed by atoms with E-state index in [4.69, 9.17) is 5.73 Å². The Bertz CT molecular complexity index is 594. The second kappa shape index (κ2) is 6.09. The van der Waals surface area contributed by atoms with Crippen molar-refractivity contribution >= 4 is 26.0 Å². The Hall–Kier alpha value is -0.500. The lowest BCUT2D eigenvalue weighted by Gasteiger charge is -2.35. The Morgan fingerprint density at radius 1 is 1.50 bits per heavy atom. The van der Waals surface area contributed by atoms with Crippen LogP contribution in [-0.4, -0.2) is 32.4 Å². The molecular weight excluding hydrogens is 347 g/mol. The molecule has 0 saturated carbocycles. The Morgan fingerprint density at radius 2 is 2.20 bits per heavy atom. The predicted octanol–water partition coefficient (Wildman–Crippen LogP) is 2.19. The highest BCUT2D eigenvalue weighted by atomic mass is 79.9. The van der Waals surface area contributed by atoms with Crippen molar-refractivity contribution in [3.8, 4) is 0 Å². The van der Waals surface area contributed by atoms with Gasteiger partial charge in [0.15, 0.2) is 0 Å². The van der Waals surface area contributed by atoms with Crippen molar-refractivity contribution < 1.29 is 12.8 Å². The molecule has 0 spiro atoms. The molecule has 4 nitrogen and oxygen atoms in total. The maximum Gasteiger partial charge on any atom is 0.245 e. The fourth-order valence-corrected chi connectivity index (χ4v) is 4.35. The van der Waals surface area contributed by atoms with Gasteiger partial charge in [0.2, 0.25) is 10.0 Å². The molecule has 2 atom stereocenters. The molecule has 0 amide bonds. The predicted molar refractivity (Wildman–Crippen MR) is 79.2 cm³/mol. The lowest BCUT2D eigenvalue weighted by Crippen LogP contribution is -2.45. The molecular formula is C13H18BrFN2O2S. The van der Waals surface area contributed by atoms with Crippen molar-refractivity contribution in [1.29, 1.82) is 0 Å². The molecule has 2 N–H and O–H groups in total. The standard InChI is InChI=1S/C13H18BrFN2O2S/c1-9-4-5-17(8-10(9)7-16)20(18,19)13-3-2-11(14)6-12(13)15/h2-3,6,9-10H,4-5,7-8,16H2,1H3. The minimum absolute atomic E-state index is 0.122. The van der Waals surface area contributed by atoms with Crippen LogP contribution in [-0.2, 0) is 10.0 Å². The van der Waals surface area contributed by atoms with Crippen molar-refractivity contribution in [2.24, 2.45) is 17.6 Å². The van der Waals surface area contributed by atoms with Crippen molar-refractivity contribution in [3.63, 3.8) is 0 Å². The Labute approximate surface area is 127 Å². The summed E-state index contributed by atoms with van der Waals surface area (Å²) in [7, 11) is -3.79. The Kier molecular flexibility index (Phi) is 4.84. The molecule has 1 heterocycles. The van der Waals surface area contributed by atoms with Crippen LogP contribution < -0.4 is 5.73 Å². The van der Waals surface area contributed by atoms with Gasteiger partial charge in [-0.3, -0.25) is 0 Å². The Balaban J connectivity index is 2.31. The summed E-state index contributed by atoms with van der Waals surface area (Å²) in [6, 6.07) is 3.99. The number of hydrogen-bond acceptors (Lipinski definition) is 3. The van der Waals surface area contributed by atoms with Gasteiger partial charge >= 0.3 is 0 Å². The fraction of sp³-hybridized carbons (Fsp3) is 0.538. The molecule has 0 aliphatic carbocycles. The van der Waals surface area contributed by atoms with E-state index in [0.717, 1.165) is 6.42 Å². The highest BCUT2D eigenvalue weighted by Gasteiger charge is 2.34. The van der Waals surface area contributed by atoms with Crippen molar-refractivity contribution in [3.05, 3.63) is 28.5 Å². The highest BCUT2D eigenvalue weighted by Crippen LogP contribution is 2.29. The van der Waals surface area contributed by atoms with E-state index in [-0.39, 0.29) is 10.8 Å². The van der Waals surface area contributed by atoms with Crippen molar-refractivity contribution in [2.75, 3.05) is 19.6 Å². The lowest BCUT2D eigenvalue weighted by atomic mass is 9.88. The van der Waals surface area contributed by atoms with Crippen molar-refractivity contribution in [2.45, 2.75) is 18.2 Å². The molecule has 0 bridgehead atoms. The molecule has 0 aromatic heterocycles. The average molecular weight is 365 g/mol. The SMILES string of the molecule is CC1CCN(S(=O)(=O)c2ccc(Br)cc2F)CC1CN. The highest BCUT2D eigenvalue weighted by molar-refractivity contribution is 9.10. The van der Waals surface area contributed by atoms with E-state index in [1.165, 1.54) is 22.5 Å². The molecule has 0 radical (unpaired) electrons. The average Bonchev–Trinajstić information content (AvgIpc) is 2.38. The van der Waals surface area contributed by atoms with Gasteiger partial charge in [-0.15, -0.1) is 0 Å². The second-order valence-electron chi connectivity index (χ2n) is 5.20. The summed E-state index contributed by atoms with van der Waals surface area (Å²) in [5.41, 5.74) is 5.69. The molecule has 20 heavy (non-hydrogen) atoms. The zero-order valence-corrected chi connectivity index (χ0v) is 13.6. The van der Waals surface area contributed by atoms with Gasteiger partial charge in [-0.1, -0.05) is 22.9 Å². The number of hydrogen-bond donors (Lipinski definition) is 1. The second-order valence-corrected chi connectivity index (χ2v) is 8.02. The van der Waals surface area contributed by atoms with E-state index in [0.29, 0.717) is 30.0 Å². The molecule has 112 valence electrons. The molecule has 1 aliphatic heterocycles. The summed E-state index contributed by atoms with van der Waals surface area (Å²) in [6.45, 7) is 3.28. The molecule has 7 heteroatoms. The van der Waals surface area contributed by atoms with Gasteiger partial charge in [0.25, 0.3) is 0 Å². The molecule has 2 rings (SSSR count). The fourth-order valence-electron chi connectivity index (χ4n) is 2.46. The van der Waals surface area contributed by atoms with Gasteiger partial charge in [0.1, 0.15) is 10.7 Å². The first-order chi connectivity index (χ1) is 9.36. The van der Waals surface area contributed by atoms with Crippen LogP contribution in [0.5, 0.6) is 0 Å². The maximum absolute atomic E-state index is 13.9. The number of nitrogens with two attached hydrogens (primary N) is 1. The zero-order chi connectivity index (χ0) is 14.9.